The second kappa shape index (κ2) is 13.8. The summed E-state index contributed by atoms with van der Waals surface area (Å²) in [6.45, 7) is 4.51. The van der Waals surface area contributed by atoms with Crippen molar-refractivity contribution in [2.24, 2.45) is 0 Å². The monoisotopic (exact) mass is 500 g/mol. The molecular formula is C28H37ClN2O2S. The van der Waals surface area contributed by atoms with Crippen LogP contribution in [-0.2, 0) is 16.1 Å². The van der Waals surface area contributed by atoms with E-state index < -0.39 is 6.04 Å². The lowest BCUT2D eigenvalue weighted by Crippen LogP contribution is -2.51. The van der Waals surface area contributed by atoms with Gasteiger partial charge in [-0.2, -0.15) is 0 Å². The minimum Gasteiger partial charge on any atom is -0.352 e. The minimum absolute atomic E-state index is 0.00889. The van der Waals surface area contributed by atoms with Crippen LogP contribution in [0.3, 0.4) is 0 Å². The summed E-state index contributed by atoms with van der Waals surface area (Å²) in [5.74, 6) is 0.880. The van der Waals surface area contributed by atoms with E-state index in [1.165, 1.54) is 24.8 Å². The maximum atomic E-state index is 13.4. The highest BCUT2D eigenvalue weighted by Crippen LogP contribution is 2.23. The molecule has 0 saturated heterocycles. The van der Waals surface area contributed by atoms with E-state index in [2.05, 4.69) is 36.5 Å². The van der Waals surface area contributed by atoms with E-state index in [9.17, 15) is 9.59 Å². The summed E-state index contributed by atoms with van der Waals surface area (Å²) >= 11 is 7.69. The SMILES string of the molecule is CCC(C(=O)NC1CCCCC1)N(Cc1ccc(C)cc1)C(=O)CCCSc1ccc(Cl)cc1. The fourth-order valence-electron chi connectivity index (χ4n) is 4.44. The molecule has 4 nitrogen and oxygen atoms in total. The number of halogens is 1. The Balaban J connectivity index is 1.63. The number of nitrogens with one attached hydrogen (secondary N) is 1. The van der Waals surface area contributed by atoms with Gasteiger partial charge in [0, 0.05) is 28.9 Å². The zero-order valence-electron chi connectivity index (χ0n) is 20.4. The number of amides is 2. The van der Waals surface area contributed by atoms with E-state index in [-0.39, 0.29) is 17.9 Å². The van der Waals surface area contributed by atoms with E-state index in [0.29, 0.717) is 19.4 Å². The Hall–Kier alpha value is -1.98. The maximum absolute atomic E-state index is 13.4. The van der Waals surface area contributed by atoms with Gasteiger partial charge in [-0.05, 0) is 68.2 Å². The highest BCUT2D eigenvalue weighted by atomic mass is 35.5. The van der Waals surface area contributed by atoms with Gasteiger partial charge in [-0.1, -0.05) is 67.6 Å². The molecule has 3 rings (SSSR count). The molecule has 34 heavy (non-hydrogen) atoms. The summed E-state index contributed by atoms with van der Waals surface area (Å²) in [5.41, 5.74) is 2.24. The lowest BCUT2D eigenvalue weighted by Gasteiger charge is -2.33. The van der Waals surface area contributed by atoms with Crippen molar-refractivity contribution in [3.05, 3.63) is 64.7 Å². The van der Waals surface area contributed by atoms with E-state index in [1.54, 1.807) is 16.7 Å². The van der Waals surface area contributed by atoms with Crippen molar-refractivity contribution >= 4 is 35.2 Å². The largest absolute Gasteiger partial charge is 0.352 e. The predicted molar refractivity (Wildman–Crippen MR) is 142 cm³/mol. The van der Waals surface area contributed by atoms with Crippen LogP contribution >= 0.6 is 23.4 Å². The van der Waals surface area contributed by atoms with Crippen LogP contribution in [-0.4, -0.2) is 34.6 Å². The Morgan fingerprint density at radius 1 is 1.06 bits per heavy atom. The Morgan fingerprint density at radius 3 is 2.38 bits per heavy atom. The summed E-state index contributed by atoms with van der Waals surface area (Å²) in [4.78, 5) is 29.6. The molecule has 2 aromatic rings. The molecule has 1 N–H and O–H groups in total. The number of hydrogen-bond donors (Lipinski definition) is 1. The first-order chi connectivity index (χ1) is 16.5. The fraction of sp³-hybridized carbons (Fsp3) is 0.500. The number of aryl methyl sites for hydroxylation is 1. The van der Waals surface area contributed by atoms with Crippen molar-refractivity contribution in [2.45, 2.75) is 88.7 Å². The molecule has 0 heterocycles. The van der Waals surface area contributed by atoms with Gasteiger partial charge in [0.2, 0.25) is 11.8 Å². The summed E-state index contributed by atoms with van der Waals surface area (Å²) in [6, 6.07) is 15.8. The zero-order chi connectivity index (χ0) is 24.3. The molecule has 2 amide bonds. The van der Waals surface area contributed by atoms with Crippen LogP contribution in [0.5, 0.6) is 0 Å². The van der Waals surface area contributed by atoms with E-state index in [1.807, 2.05) is 31.2 Å². The predicted octanol–water partition coefficient (Wildman–Crippen LogP) is 6.78. The minimum atomic E-state index is -0.445. The van der Waals surface area contributed by atoms with E-state index in [0.717, 1.165) is 40.5 Å². The maximum Gasteiger partial charge on any atom is 0.243 e. The molecule has 1 unspecified atom stereocenters. The van der Waals surface area contributed by atoms with Gasteiger partial charge in [-0.25, -0.2) is 0 Å². The Kier molecular flexibility index (Phi) is 10.8. The van der Waals surface area contributed by atoms with Gasteiger partial charge in [0.1, 0.15) is 6.04 Å². The van der Waals surface area contributed by atoms with Crippen LogP contribution in [0.2, 0.25) is 5.02 Å². The number of benzene rings is 2. The molecule has 1 saturated carbocycles. The molecule has 184 valence electrons. The molecule has 1 aliphatic rings. The van der Waals surface area contributed by atoms with Crippen LogP contribution in [0.1, 0.15) is 69.4 Å². The van der Waals surface area contributed by atoms with E-state index in [4.69, 9.17) is 11.6 Å². The number of carbonyl (C=O) groups excluding carboxylic acids is 2. The summed E-state index contributed by atoms with van der Waals surface area (Å²) in [6.07, 6.45) is 7.45. The number of rotatable bonds is 11. The molecule has 0 radical (unpaired) electrons. The van der Waals surface area contributed by atoms with Crippen molar-refractivity contribution in [3.63, 3.8) is 0 Å². The van der Waals surface area contributed by atoms with Gasteiger partial charge in [-0.3, -0.25) is 9.59 Å². The highest BCUT2D eigenvalue weighted by molar-refractivity contribution is 7.99. The lowest BCUT2D eigenvalue weighted by molar-refractivity contribution is -0.141. The molecule has 0 aromatic heterocycles. The van der Waals surface area contributed by atoms with Crippen molar-refractivity contribution in [2.75, 3.05) is 5.75 Å². The Bertz CT molecular complexity index is 911. The second-order valence-electron chi connectivity index (χ2n) is 9.18. The summed E-state index contributed by atoms with van der Waals surface area (Å²) in [5, 5.41) is 3.97. The first-order valence-corrected chi connectivity index (χ1v) is 13.9. The van der Waals surface area contributed by atoms with Crippen LogP contribution in [0.4, 0.5) is 0 Å². The van der Waals surface area contributed by atoms with Crippen LogP contribution in [0.15, 0.2) is 53.4 Å². The van der Waals surface area contributed by atoms with Crippen LogP contribution in [0.25, 0.3) is 0 Å². The van der Waals surface area contributed by atoms with Crippen molar-refractivity contribution in [1.82, 2.24) is 10.2 Å². The van der Waals surface area contributed by atoms with Gasteiger partial charge in [0.25, 0.3) is 0 Å². The Morgan fingerprint density at radius 2 is 1.74 bits per heavy atom. The number of nitrogens with zero attached hydrogens (tertiary/aromatic N) is 1. The molecule has 0 spiro atoms. The average Bonchev–Trinajstić information content (AvgIpc) is 2.84. The first kappa shape index (κ1) is 26.6. The van der Waals surface area contributed by atoms with Crippen molar-refractivity contribution in [1.29, 1.82) is 0 Å². The van der Waals surface area contributed by atoms with Gasteiger partial charge >= 0.3 is 0 Å². The molecule has 1 atom stereocenters. The normalized spacial score (nSPS) is 15.0. The summed E-state index contributed by atoms with van der Waals surface area (Å²) in [7, 11) is 0. The van der Waals surface area contributed by atoms with Gasteiger partial charge in [0.15, 0.2) is 0 Å². The van der Waals surface area contributed by atoms with Gasteiger partial charge < -0.3 is 10.2 Å². The average molecular weight is 501 g/mol. The van der Waals surface area contributed by atoms with E-state index >= 15 is 0 Å². The summed E-state index contributed by atoms with van der Waals surface area (Å²) < 4.78 is 0. The molecular weight excluding hydrogens is 464 g/mol. The smallest absolute Gasteiger partial charge is 0.243 e. The quantitative estimate of drug-likeness (QED) is 0.273. The van der Waals surface area contributed by atoms with Crippen LogP contribution < -0.4 is 5.32 Å². The third-order valence-electron chi connectivity index (χ3n) is 6.43. The number of hydrogen-bond acceptors (Lipinski definition) is 3. The number of thioether (sulfide) groups is 1. The van der Waals surface area contributed by atoms with Crippen molar-refractivity contribution < 1.29 is 9.59 Å². The van der Waals surface area contributed by atoms with Crippen LogP contribution in [0, 0.1) is 6.92 Å². The highest BCUT2D eigenvalue weighted by Gasteiger charge is 2.30. The molecule has 0 bridgehead atoms. The third-order valence-corrected chi connectivity index (χ3v) is 7.78. The second-order valence-corrected chi connectivity index (χ2v) is 10.8. The molecule has 6 heteroatoms. The third kappa shape index (κ3) is 8.35. The molecule has 2 aromatic carbocycles. The topological polar surface area (TPSA) is 49.4 Å². The van der Waals surface area contributed by atoms with Crippen molar-refractivity contribution in [3.8, 4) is 0 Å². The first-order valence-electron chi connectivity index (χ1n) is 12.5. The molecule has 1 aliphatic carbocycles. The lowest BCUT2D eigenvalue weighted by atomic mass is 9.95. The van der Waals surface area contributed by atoms with Gasteiger partial charge in [-0.15, -0.1) is 11.8 Å². The zero-order valence-corrected chi connectivity index (χ0v) is 22.0. The molecule has 1 fully saturated rings. The fourth-order valence-corrected chi connectivity index (χ4v) is 5.42. The Labute approximate surface area is 213 Å². The van der Waals surface area contributed by atoms with Gasteiger partial charge in [0.05, 0.1) is 0 Å². The number of carbonyl (C=O) groups is 2. The molecule has 0 aliphatic heterocycles. The standard InChI is InChI=1S/C28H37ClN2O2S/c1-3-26(28(33)30-24-8-5-4-6-9-24)31(20-22-13-11-21(2)12-14-22)27(32)10-7-19-34-25-17-15-23(29)16-18-25/h11-18,24,26H,3-10,19-20H2,1-2H3,(H,30,33).